The molecule has 156 valence electrons. The number of hydrogen-bond donors (Lipinski definition) is 3. The van der Waals surface area contributed by atoms with Gasteiger partial charge in [0.2, 0.25) is 0 Å². The van der Waals surface area contributed by atoms with Gasteiger partial charge in [-0.15, -0.1) is 0 Å². The summed E-state index contributed by atoms with van der Waals surface area (Å²) in [5, 5.41) is 9.10. The predicted octanol–water partition coefficient (Wildman–Crippen LogP) is 4.62. The molecule has 2 unspecified atom stereocenters. The first kappa shape index (κ1) is 25.5. The Labute approximate surface area is 158 Å². The summed E-state index contributed by atoms with van der Waals surface area (Å²) in [5.41, 5.74) is 5.18. The summed E-state index contributed by atoms with van der Waals surface area (Å²) in [5.74, 6) is -1.25. The molecule has 0 aliphatic carbocycles. The van der Waals surface area contributed by atoms with Gasteiger partial charge in [0.15, 0.2) is 6.10 Å². The standard InChI is InChI=1S/C18H38NO6P/c1-2-3-4-5-6-7-8-9-10-11-12-13-14-17(18(20)21)25-26(22,23)24-16-15-19/h17H,2-16,19H2,1H3,(H,20,21)(H,22,23). The summed E-state index contributed by atoms with van der Waals surface area (Å²) in [6, 6.07) is 0. The molecule has 0 heterocycles. The van der Waals surface area contributed by atoms with E-state index in [4.69, 9.17) is 15.4 Å². The number of phosphoric ester groups is 1. The Morgan fingerprint density at radius 3 is 1.85 bits per heavy atom. The van der Waals surface area contributed by atoms with Crippen LogP contribution in [0.2, 0.25) is 0 Å². The molecule has 0 saturated carbocycles. The average molecular weight is 395 g/mol. The van der Waals surface area contributed by atoms with Crippen molar-refractivity contribution >= 4 is 13.8 Å². The second-order valence-electron chi connectivity index (χ2n) is 6.70. The molecule has 2 atom stereocenters. The smallest absolute Gasteiger partial charge is 0.473 e. The first-order valence-corrected chi connectivity index (χ1v) is 11.5. The maximum atomic E-state index is 11.6. The normalized spacial score (nSPS) is 14.9. The van der Waals surface area contributed by atoms with Crippen LogP contribution < -0.4 is 5.73 Å². The number of nitrogens with two attached hydrogens (primary N) is 1. The Kier molecular flexibility index (Phi) is 16.4. The van der Waals surface area contributed by atoms with Crippen molar-refractivity contribution < 1.29 is 28.4 Å². The summed E-state index contributed by atoms with van der Waals surface area (Å²) in [6.45, 7) is 2.13. The van der Waals surface area contributed by atoms with E-state index in [0.29, 0.717) is 6.42 Å². The molecule has 0 aromatic rings. The van der Waals surface area contributed by atoms with E-state index in [1.807, 2.05) is 0 Å². The zero-order valence-corrected chi connectivity index (χ0v) is 17.1. The average Bonchev–Trinajstić information content (AvgIpc) is 2.59. The molecule has 0 aromatic heterocycles. The number of carboxylic acids is 1. The molecule has 26 heavy (non-hydrogen) atoms. The van der Waals surface area contributed by atoms with Gasteiger partial charge in [-0.1, -0.05) is 84.0 Å². The van der Waals surface area contributed by atoms with Crippen molar-refractivity contribution in [3.8, 4) is 0 Å². The van der Waals surface area contributed by atoms with Crippen molar-refractivity contribution in [2.45, 2.75) is 96.5 Å². The Hall–Kier alpha value is -0.460. The molecule has 0 aromatic carbocycles. The molecule has 4 N–H and O–H groups in total. The van der Waals surface area contributed by atoms with E-state index >= 15 is 0 Å². The molecule has 7 nitrogen and oxygen atoms in total. The first-order chi connectivity index (χ1) is 12.4. The van der Waals surface area contributed by atoms with Crippen LogP contribution in [-0.2, 0) is 18.4 Å². The van der Waals surface area contributed by atoms with Crippen molar-refractivity contribution in [2.75, 3.05) is 13.2 Å². The number of carboxylic acid groups (broad SMARTS) is 1. The van der Waals surface area contributed by atoms with E-state index in [2.05, 4.69) is 11.4 Å². The van der Waals surface area contributed by atoms with Gasteiger partial charge in [-0.2, -0.15) is 0 Å². The Bertz CT molecular complexity index is 394. The number of hydrogen-bond acceptors (Lipinski definition) is 5. The van der Waals surface area contributed by atoms with Gasteiger partial charge in [0.1, 0.15) is 0 Å². The highest BCUT2D eigenvalue weighted by molar-refractivity contribution is 7.47. The monoisotopic (exact) mass is 395 g/mol. The van der Waals surface area contributed by atoms with E-state index in [0.717, 1.165) is 19.3 Å². The summed E-state index contributed by atoms with van der Waals surface area (Å²) >= 11 is 0. The van der Waals surface area contributed by atoms with Crippen molar-refractivity contribution in [3.05, 3.63) is 0 Å². The molecule has 0 spiro atoms. The van der Waals surface area contributed by atoms with Crippen LogP contribution in [0.5, 0.6) is 0 Å². The highest BCUT2D eigenvalue weighted by Crippen LogP contribution is 2.45. The molecule has 0 saturated heterocycles. The number of carbonyl (C=O) groups is 1. The molecule has 0 rings (SSSR count). The molecule has 8 heteroatoms. The summed E-state index contributed by atoms with van der Waals surface area (Å²) in [6.07, 6.45) is 13.0. The Morgan fingerprint density at radius 2 is 1.42 bits per heavy atom. The summed E-state index contributed by atoms with van der Waals surface area (Å²) < 4.78 is 20.9. The van der Waals surface area contributed by atoms with Gasteiger partial charge in [0, 0.05) is 6.54 Å². The van der Waals surface area contributed by atoms with Gasteiger partial charge < -0.3 is 15.7 Å². The lowest BCUT2D eigenvalue weighted by Gasteiger charge is -2.17. The molecule has 0 fully saturated rings. The lowest BCUT2D eigenvalue weighted by atomic mass is 10.0. The largest absolute Gasteiger partial charge is 0.479 e. The molecular weight excluding hydrogens is 357 g/mol. The van der Waals surface area contributed by atoms with Crippen molar-refractivity contribution in [3.63, 3.8) is 0 Å². The van der Waals surface area contributed by atoms with Crippen LogP contribution in [-0.4, -0.2) is 35.2 Å². The fourth-order valence-electron chi connectivity index (χ4n) is 2.75. The fraction of sp³-hybridized carbons (Fsp3) is 0.944. The molecule has 0 radical (unpaired) electrons. The highest BCUT2D eigenvalue weighted by atomic mass is 31.2. The van der Waals surface area contributed by atoms with Gasteiger partial charge in [-0.05, 0) is 6.42 Å². The third-order valence-corrected chi connectivity index (χ3v) is 5.26. The summed E-state index contributed by atoms with van der Waals surface area (Å²) in [7, 11) is -4.36. The second-order valence-corrected chi connectivity index (χ2v) is 8.11. The minimum absolute atomic E-state index is 0.0599. The third kappa shape index (κ3) is 15.8. The first-order valence-electron chi connectivity index (χ1n) is 10.0. The molecular formula is C18H38NO6P. The van der Waals surface area contributed by atoms with E-state index in [-0.39, 0.29) is 19.6 Å². The minimum atomic E-state index is -4.36. The van der Waals surface area contributed by atoms with Crippen LogP contribution in [0.25, 0.3) is 0 Å². The van der Waals surface area contributed by atoms with Crippen LogP contribution in [0.4, 0.5) is 0 Å². The van der Waals surface area contributed by atoms with Crippen molar-refractivity contribution in [1.82, 2.24) is 0 Å². The van der Waals surface area contributed by atoms with Crippen LogP contribution in [0, 0.1) is 0 Å². The number of rotatable bonds is 19. The van der Waals surface area contributed by atoms with Crippen LogP contribution in [0.3, 0.4) is 0 Å². The summed E-state index contributed by atoms with van der Waals surface area (Å²) in [4.78, 5) is 20.6. The lowest BCUT2D eigenvalue weighted by molar-refractivity contribution is -0.146. The number of unbranched alkanes of at least 4 members (excludes halogenated alkanes) is 11. The van der Waals surface area contributed by atoms with Crippen LogP contribution in [0.15, 0.2) is 0 Å². The van der Waals surface area contributed by atoms with E-state index < -0.39 is 19.9 Å². The second kappa shape index (κ2) is 16.7. The maximum Gasteiger partial charge on any atom is 0.473 e. The SMILES string of the molecule is CCCCCCCCCCCCCCC(OP(=O)(O)OCCN)C(=O)O. The van der Waals surface area contributed by atoms with E-state index in [1.165, 1.54) is 51.4 Å². The van der Waals surface area contributed by atoms with Gasteiger partial charge in [0.05, 0.1) is 6.61 Å². The number of phosphoric acid groups is 1. The zero-order valence-electron chi connectivity index (χ0n) is 16.2. The minimum Gasteiger partial charge on any atom is -0.479 e. The third-order valence-electron chi connectivity index (χ3n) is 4.23. The van der Waals surface area contributed by atoms with Gasteiger partial charge in [-0.25, -0.2) is 9.36 Å². The Balaban J connectivity index is 3.69. The van der Waals surface area contributed by atoms with Crippen molar-refractivity contribution in [1.29, 1.82) is 0 Å². The topological polar surface area (TPSA) is 119 Å². The molecule has 0 amide bonds. The van der Waals surface area contributed by atoms with Crippen LogP contribution in [0.1, 0.15) is 90.4 Å². The van der Waals surface area contributed by atoms with E-state index in [1.54, 1.807) is 0 Å². The lowest BCUT2D eigenvalue weighted by Crippen LogP contribution is -2.23. The van der Waals surface area contributed by atoms with Crippen LogP contribution >= 0.6 is 7.82 Å². The molecule has 0 bridgehead atoms. The Morgan fingerprint density at radius 1 is 0.962 bits per heavy atom. The fourth-order valence-corrected chi connectivity index (χ4v) is 3.67. The van der Waals surface area contributed by atoms with E-state index in [9.17, 15) is 14.3 Å². The van der Waals surface area contributed by atoms with Gasteiger partial charge in [0.25, 0.3) is 0 Å². The molecule has 0 aliphatic rings. The quantitative estimate of drug-likeness (QED) is 0.216. The highest BCUT2D eigenvalue weighted by Gasteiger charge is 2.30. The predicted molar refractivity (Wildman–Crippen MR) is 103 cm³/mol. The van der Waals surface area contributed by atoms with Crippen molar-refractivity contribution in [2.24, 2.45) is 5.73 Å². The zero-order chi connectivity index (χ0) is 19.7. The van der Waals surface area contributed by atoms with Gasteiger partial charge in [-0.3, -0.25) is 9.05 Å². The molecule has 0 aliphatic heterocycles. The number of aliphatic carboxylic acids is 1. The van der Waals surface area contributed by atoms with Gasteiger partial charge >= 0.3 is 13.8 Å². The maximum absolute atomic E-state index is 11.6.